The van der Waals surface area contributed by atoms with Crippen LogP contribution < -0.4 is 0 Å². The molecule has 3 nitrogen and oxygen atoms in total. The first-order valence-corrected chi connectivity index (χ1v) is 1.48. The van der Waals surface area contributed by atoms with Crippen LogP contribution in [0.2, 0.25) is 0 Å². The van der Waals surface area contributed by atoms with Crippen LogP contribution in [-0.2, 0) is 27.3 Å². The summed E-state index contributed by atoms with van der Waals surface area (Å²) in [6.07, 6.45) is 5.09. The summed E-state index contributed by atoms with van der Waals surface area (Å²) in [6.45, 7) is 0. The predicted molar refractivity (Wildman–Crippen MR) is 18.7 cm³/mol. The van der Waals surface area contributed by atoms with Crippen LogP contribution in [-0.4, -0.2) is 15.0 Å². The Morgan fingerprint density at radius 2 is 1.71 bits per heavy atom. The van der Waals surface area contributed by atoms with E-state index in [1.54, 1.807) is 0 Å². The molecule has 0 aliphatic carbocycles. The molecular weight excluding hydrogens is 190 g/mol. The number of hydrogen-bond acceptors (Lipinski definition) is 3. The molecule has 0 unspecified atom stereocenters. The summed E-state index contributed by atoms with van der Waals surface area (Å²) in [5, 5.41) is 0. The summed E-state index contributed by atoms with van der Waals surface area (Å²) < 4.78 is 0. The summed E-state index contributed by atoms with van der Waals surface area (Å²) in [5.41, 5.74) is 0. The zero-order valence-electron chi connectivity index (χ0n) is 3.70. The molecule has 0 N–H and O–H groups in total. The summed E-state index contributed by atoms with van der Waals surface area (Å²) in [4.78, 5) is 10.4. The first kappa shape index (κ1) is 6.93. The van der Waals surface area contributed by atoms with Gasteiger partial charge in [-0.25, -0.2) is 0 Å². The average molecular weight is 192 g/mol. The average Bonchev–Trinajstić information content (AvgIpc) is 1.72. The van der Waals surface area contributed by atoms with Crippen LogP contribution in [0.15, 0.2) is 12.7 Å². The molecule has 1 heterocycles. The van der Waals surface area contributed by atoms with Crippen molar-refractivity contribution in [1.29, 1.82) is 0 Å². The van der Waals surface area contributed by atoms with Gasteiger partial charge in [-0.15, -0.1) is 0 Å². The molecule has 0 saturated carbocycles. The fourth-order valence-electron chi connectivity index (χ4n) is 0.181. The summed E-state index contributed by atoms with van der Waals surface area (Å²) >= 11 is 0. The minimum absolute atomic E-state index is 0. The normalized spacial score (nSPS) is 6.86. The Balaban J connectivity index is 0.000000360. The number of aromatic nitrogens is 3. The summed E-state index contributed by atoms with van der Waals surface area (Å²) in [6, 6.07) is 0. The molecule has 1 aromatic rings. The molecule has 4 heteroatoms. The van der Waals surface area contributed by atoms with E-state index in [1.165, 1.54) is 12.7 Å². The van der Waals surface area contributed by atoms with Crippen LogP contribution >= 0.6 is 0 Å². The zero-order chi connectivity index (χ0) is 4.24. The second-order valence-electron chi connectivity index (χ2n) is 0.738. The van der Waals surface area contributed by atoms with Crippen LogP contribution in [0.1, 0.15) is 0 Å². The van der Waals surface area contributed by atoms with Gasteiger partial charge in [0.05, 0.1) is 0 Å². The molecule has 0 bridgehead atoms. The van der Waals surface area contributed by atoms with E-state index in [4.69, 9.17) is 0 Å². The Bertz CT molecular complexity index is 82.1. The Morgan fingerprint density at radius 3 is 1.86 bits per heavy atom. The van der Waals surface area contributed by atoms with Crippen LogP contribution in [0.5, 0.6) is 0 Å². The first-order chi connectivity index (χ1) is 3.00. The van der Waals surface area contributed by atoms with Crippen molar-refractivity contribution in [2.45, 2.75) is 0 Å². The maximum absolute atomic E-state index is 3.53. The van der Waals surface area contributed by atoms with Crippen molar-refractivity contribution in [3.05, 3.63) is 19.0 Å². The van der Waals surface area contributed by atoms with E-state index in [1.807, 2.05) is 0 Å². The fraction of sp³-hybridized carbons (Fsp3) is 0. The topological polar surface area (TPSA) is 38.7 Å². The van der Waals surface area contributed by atoms with E-state index in [0.29, 0.717) is 0 Å². The molecular formula is C3H2CdN3-. The number of rotatable bonds is 0. The van der Waals surface area contributed by atoms with Crippen molar-refractivity contribution in [3.63, 3.8) is 0 Å². The van der Waals surface area contributed by atoms with Gasteiger partial charge in [-0.05, 0) is 0 Å². The zero-order valence-corrected chi connectivity index (χ0v) is 7.74. The molecule has 0 saturated heterocycles. The SMILES string of the molecule is [Cd].[c-]1ncncn1. The third kappa shape index (κ3) is 2.61. The van der Waals surface area contributed by atoms with E-state index in [9.17, 15) is 0 Å². The molecule has 0 atom stereocenters. The molecule has 0 aliphatic rings. The van der Waals surface area contributed by atoms with E-state index in [-0.39, 0.29) is 27.3 Å². The van der Waals surface area contributed by atoms with Crippen molar-refractivity contribution in [3.8, 4) is 0 Å². The van der Waals surface area contributed by atoms with Crippen LogP contribution in [0.25, 0.3) is 0 Å². The minimum Gasteiger partial charge on any atom is -0.355 e. The number of nitrogens with zero attached hydrogens (tertiary/aromatic N) is 3. The third-order valence-electron chi connectivity index (χ3n) is 0.364. The Hall–Kier alpha value is -0.0679. The summed E-state index contributed by atoms with van der Waals surface area (Å²) in [5.74, 6) is 0. The molecule has 0 fully saturated rings. The van der Waals surface area contributed by atoms with E-state index in [2.05, 4.69) is 21.3 Å². The van der Waals surface area contributed by atoms with E-state index in [0.717, 1.165) is 0 Å². The molecule has 7 heavy (non-hydrogen) atoms. The van der Waals surface area contributed by atoms with Gasteiger partial charge in [-0.1, -0.05) is 0 Å². The molecule has 0 amide bonds. The van der Waals surface area contributed by atoms with Crippen molar-refractivity contribution >= 4 is 0 Å². The molecule has 0 radical (unpaired) electrons. The van der Waals surface area contributed by atoms with Gasteiger partial charge >= 0.3 is 0 Å². The van der Waals surface area contributed by atoms with Gasteiger partial charge in [0, 0.05) is 46.3 Å². The Labute approximate surface area is 61.4 Å². The summed E-state index contributed by atoms with van der Waals surface area (Å²) in [7, 11) is 0. The molecule has 0 aliphatic heterocycles. The largest absolute Gasteiger partial charge is 0.355 e. The van der Waals surface area contributed by atoms with Gasteiger partial charge < -0.3 is 15.0 Å². The van der Waals surface area contributed by atoms with Gasteiger partial charge in [-0.3, -0.25) is 0 Å². The fourth-order valence-corrected chi connectivity index (χ4v) is 0.181. The molecule has 0 spiro atoms. The molecule has 32 valence electrons. The van der Waals surface area contributed by atoms with Gasteiger partial charge in [0.15, 0.2) is 0 Å². The van der Waals surface area contributed by atoms with Gasteiger partial charge in [0.2, 0.25) is 0 Å². The van der Waals surface area contributed by atoms with Gasteiger partial charge in [0.1, 0.15) is 0 Å². The van der Waals surface area contributed by atoms with E-state index < -0.39 is 0 Å². The molecule has 1 aromatic heterocycles. The van der Waals surface area contributed by atoms with Crippen molar-refractivity contribution in [2.75, 3.05) is 0 Å². The van der Waals surface area contributed by atoms with Crippen LogP contribution in [0, 0.1) is 6.33 Å². The Kier molecular flexibility index (Phi) is 4.06. The maximum atomic E-state index is 3.53. The van der Waals surface area contributed by atoms with Crippen molar-refractivity contribution < 1.29 is 27.3 Å². The second-order valence-corrected chi connectivity index (χ2v) is 0.738. The van der Waals surface area contributed by atoms with Crippen LogP contribution in [0.4, 0.5) is 0 Å². The monoisotopic (exact) mass is 194 g/mol. The smallest absolute Gasteiger partial charge is 0.0241 e. The molecule has 1 rings (SSSR count). The third-order valence-corrected chi connectivity index (χ3v) is 0.364. The molecule has 0 aromatic carbocycles. The standard InChI is InChI=1S/C3H2N3.Cd/c1-4-2-6-3-5-1;/h1-2H;/q-1;. The minimum atomic E-state index is 0. The number of hydrogen-bond donors (Lipinski definition) is 0. The van der Waals surface area contributed by atoms with E-state index >= 15 is 0 Å². The van der Waals surface area contributed by atoms with Gasteiger partial charge in [-0.2, -0.15) is 0 Å². The van der Waals surface area contributed by atoms with Crippen molar-refractivity contribution in [2.24, 2.45) is 0 Å². The predicted octanol–water partition coefficient (Wildman–Crippen LogP) is -0.331. The first-order valence-electron chi connectivity index (χ1n) is 1.48. The Morgan fingerprint density at radius 1 is 1.14 bits per heavy atom. The van der Waals surface area contributed by atoms with Gasteiger partial charge in [0.25, 0.3) is 0 Å². The maximum Gasteiger partial charge on any atom is 0.0241 e. The van der Waals surface area contributed by atoms with Crippen molar-refractivity contribution in [1.82, 2.24) is 15.0 Å². The second kappa shape index (κ2) is 4.10. The quantitative estimate of drug-likeness (QED) is 0.417. The van der Waals surface area contributed by atoms with Crippen LogP contribution in [0.3, 0.4) is 0 Å².